The Morgan fingerprint density at radius 1 is 0.952 bits per heavy atom. The maximum absolute atomic E-state index is 4.39. The lowest BCUT2D eigenvalue weighted by Gasteiger charge is -2.01. The first-order valence-corrected chi connectivity index (χ1v) is 7.13. The Bertz CT molecular complexity index is 682. The summed E-state index contributed by atoms with van der Waals surface area (Å²) in [5.41, 5.74) is 5.21. The average Bonchev–Trinajstić information content (AvgIpc) is 2.99. The van der Waals surface area contributed by atoms with Crippen molar-refractivity contribution in [3.8, 4) is 16.8 Å². The fraction of sp³-hybridized carbons (Fsp3) is 0.235. The van der Waals surface area contributed by atoms with Crippen LogP contribution in [0.5, 0.6) is 0 Å². The second-order valence-electron chi connectivity index (χ2n) is 4.52. The molecule has 4 heteroatoms. The summed E-state index contributed by atoms with van der Waals surface area (Å²) in [5.74, 6) is 0. The molecule has 0 N–H and O–H groups in total. The highest BCUT2D eigenvalue weighted by atomic mass is 15.3. The fourth-order valence-corrected chi connectivity index (χ4v) is 2.10. The Labute approximate surface area is 125 Å². The lowest BCUT2D eigenvalue weighted by atomic mass is 10.1. The molecule has 0 aliphatic heterocycles. The lowest BCUT2D eigenvalue weighted by Crippen LogP contribution is -1.93. The second kappa shape index (κ2) is 6.79. The SMILES string of the molecule is CC.Cc1cc(-c2cnn(-c3cccnc3)c2)cc(C)n1. The Kier molecular flexibility index (Phi) is 4.82. The Morgan fingerprint density at radius 3 is 2.29 bits per heavy atom. The van der Waals surface area contributed by atoms with E-state index < -0.39 is 0 Å². The van der Waals surface area contributed by atoms with Gasteiger partial charge in [0.15, 0.2) is 0 Å². The molecule has 0 atom stereocenters. The average molecular weight is 280 g/mol. The van der Waals surface area contributed by atoms with Crippen LogP contribution < -0.4 is 0 Å². The van der Waals surface area contributed by atoms with Crippen LogP contribution in [0, 0.1) is 13.8 Å². The summed E-state index contributed by atoms with van der Waals surface area (Å²) >= 11 is 0. The topological polar surface area (TPSA) is 43.6 Å². The molecule has 0 unspecified atom stereocenters. The normalized spacial score (nSPS) is 9.90. The van der Waals surface area contributed by atoms with Crippen LogP contribution in [-0.2, 0) is 0 Å². The molecule has 0 amide bonds. The van der Waals surface area contributed by atoms with Crippen LogP contribution in [-0.4, -0.2) is 19.7 Å². The molecule has 0 aromatic carbocycles. The van der Waals surface area contributed by atoms with E-state index in [1.54, 1.807) is 12.4 Å². The zero-order valence-electron chi connectivity index (χ0n) is 12.9. The van der Waals surface area contributed by atoms with E-state index in [9.17, 15) is 0 Å². The summed E-state index contributed by atoms with van der Waals surface area (Å²) in [6.45, 7) is 8.00. The number of nitrogens with zero attached hydrogens (tertiary/aromatic N) is 4. The summed E-state index contributed by atoms with van der Waals surface area (Å²) in [7, 11) is 0. The van der Waals surface area contributed by atoms with Gasteiger partial charge in [0.25, 0.3) is 0 Å². The predicted octanol–water partition coefficient (Wildman–Crippen LogP) is 3.97. The van der Waals surface area contributed by atoms with Gasteiger partial charge in [-0.05, 0) is 43.7 Å². The van der Waals surface area contributed by atoms with Crippen LogP contribution in [0.25, 0.3) is 16.8 Å². The van der Waals surface area contributed by atoms with Gasteiger partial charge in [0, 0.05) is 29.3 Å². The smallest absolute Gasteiger partial charge is 0.0828 e. The van der Waals surface area contributed by atoms with E-state index in [1.165, 1.54) is 0 Å². The van der Waals surface area contributed by atoms with Crippen LogP contribution in [0.3, 0.4) is 0 Å². The standard InChI is InChI=1S/C15H14N4.C2H6/c1-11-6-13(7-12(2)18-11)14-8-17-19(10-14)15-4-3-5-16-9-15;1-2/h3-10H,1-2H3;1-2H3. The quantitative estimate of drug-likeness (QED) is 0.713. The van der Waals surface area contributed by atoms with Crippen molar-refractivity contribution in [2.75, 3.05) is 0 Å². The van der Waals surface area contributed by atoms with Crippen molar-refractivity contribution < 1.29 is 0 Å². The minimum absolute atomic E-state index is 0.955. The summed E-state index contributed by atoms with van der Waals surface area (Å²) in [5, 5.41) is 4.38. The van der Waals surface area contributed by atoms with E-state index in [4.69, 9.17) is 0 Å². The number of pyridine rings is 2. The molecule has 3 rings (SSSR count). The molecular formula is C17H20N4. The van der Waals surface area contributed by atoms with Gasteiger partial charge in [-0.25, -0.2) is 4.68 Å². The van der Waals surface area contributed by atoms with Crippen LogP contribution in [0.4, 0.5) is 0 Å². The predicted molar refractivity (Wildman–Crippen MR) is 85.4 cm³/mol. The third-order valence-electron chi connectivity index (χ3n) is 2.91. The molecule has 21 heavy (non-hydrogen) atoms. The number of aryl methyl sites for hydroxylation is 2. The molecule has 3 aromatic heterocycles. The molecule has 0 aliphatic carbocycles. The number of aromatic nitrogens is 4. The van der Waals surface area contributed by atoms with E-state index in [0.717, 1.165) is 28.2 Å². The molecule has 0 fully saturated rings. The van der Waals surface area contributed by atoms with Gasteiger partial charge >= 0.3 is 0 Å². The molecule has 108 valence electrons. The largest absolute Gasteiger partial charge is 0.262 e. The third-order valence-corrected chi connectivity index (χ3v) is 2.91. The van der Waals surface area contributed by atoms with Gasteiger partial charge in [-0.3, -0.25) is 9.97 Å². The van der Waals surface area contributed by atoms with E-state index in [0.29, 0.717) is 0 Å². The third kappa shape index (κ3) is 3.54. The Morgan fingerprint density at radius 2 is 1.67 bits per heavy atom. The molecule has 0 saturated heterocycles. The maximum Gasteiger partial charge on any atom is 0.0828 e. The molecule has 0 aliphatic rings. The minimum Gasteiger partial charge on any atom is -0.262 e. The Hall–Kier alpha value is -2.49. The van der Waals surface area contributed by atoms with Gasteiger partial charge in [-0.1, -0.05) is 13.8 Å². The molecule has 0 saturated carbocycles. The summed E-state index contributed by atoms with van der Waals surface area (Å²) in [6, 6.07) is 8.01. The highest BCUT2D eigenvalue weighted by Crippen LogP contribution is 2.21. The second-order valence-corrected chi connectivity index (χ2v) is 4.52. The summed E-state index contributed by atoms with van der Waals surface area (Å²) in [6.07, 6.45) is 7.41. The fourth-order valence-electron chi connectivity index (χ4n) is 2.10. The monoisotopic (exact) mass is 280 g/mol. The molecular weight excluding hydrogens is 260 g/mol. The van der Waals surface area contributed by atoms with Crippen molar-refractivity contribution in [1.29, 1.82) is 0 Å². The van der Waals surface area contributed by atoms with Crippen molar-refractivity contribution in [2.45, 2.75) is 27.7 Å². The number of hydrogen-bond acceptors (Lipinski definition) is 3. The van der Waals surface area contributed by atoms with Crippen molar-refractivity contribution >= 4 is 0 Å². The van der Waals surface area contributed by atoms with Crippen LogP contribution in [0.1, 0.15) is 25.2 Å². The van der Waals surface area contributed by atoms with E-state index in [1.807, 2.05) is 56.9 Å². The van der Waals surface area contributed by atoms with E-state index in [-0.39, 0.29) is 0 Å². The van der Waals surface area contributed by atoms with Crippen molar-refractivity contribution in [3.63, 3.8) is 0 Å². The lowest BCUT2D eigenvalue weighted by molar-refractivity contribution is 0.874. The summed E-state index contributed by atoms with van der Waals surface area (Å²) in [4.78, 5) is 8.49. The van der Waals surface area contributed by atoms with Crippen LogP contribution in [0.15, 0.2) is 49.1 Å². The molecule has 4 nitrogen and oxygen atoms in total. The van der Waals surface area contributed by atoms with Gasteiger partial charge in [0.2, 0.25) is 0 Å². The van der Waals surface area contributed by atoms with E-state index in [2.05, 4.69) is 27.2 Å². The van der Waals surface area contributed by atoms with Crippen LogP contribution in [0.2, 0.25) is 0 Å². The minimum atomic E-state index is 0.955. The summed E-state index contributed by atoms with van der Waals surface area (Å²) < 4.78 is 1.83. The van der Waals surface area contributed by atoms with Gasteiger partial charge < -0.3 is 0 Å². The van der Waals surface area contributed by atoms with Gasteiger partial charge in [-0.15, -0.1) is 0 Å². The first kappa shape index (κ1) is 14.9. The van der Waals surface area contributed by atoms with Gasteiger partial charge in [0.05, 0.1) is 18.1 Å². The first-order valence-electron chi connectivity index (χ1n) is 7.13. The zero-order chi connectivity index (χ0) is 15.2. The molecule has 0 radical (unpaired) electrons. The van der Waals surface area contributed by atoms with Crippen molar-refractivity contribution in [1.82, 2.24) is 19.7 Å². The number of rotatable bonds is 2. The van der Waals surface area contributed by atoms with Crippen molar-refractivity contribution in [2.24, 2.45) is 0 Å². The van der Waals surface area contributed by atoms with Crippen molar-refractivity contribution in [3.05, 3.63) is 60.4 Å². The highest BCUT2D eigenvalue weighted by Gasteiger charge is 2.05. The molecule has 3 heterocycles. The Balaban J connectivity index is 0.000000774. The van der Waals surface area contributed by atoms with Gasteiger partial charge in [0.1, 0.15) is 0 Å². The first-order chi connectivity index (χ1) is 10.2. The zero-order valence-corrected chi connectivity index (χ0v) is 12.9. The molecule has 0 bridgehead atoms. The van der Waals surface area contributed by atoms with Gasteiger partial charge in [-0.2, -0.15) is 5.10 Å². The maximum atomic E-state index is 4.39. The van der Waals surface area contributed by atoms with E-state index >= 15 is 0 Å². The number of hydrogen-bond donors (Lipinski definition) is 0. The van der Waals surface area contributed by atoms with Crippen LogP contribution >= 0.6 is 0 Å². The molecule has 3 aromatic rings. The molecule has 0 spiro atoms. The highest BCUT2D eigenvalue weighted by molar-refractivity contribution is 5.63.